The van der Waals surface area contributed by atoms with Gasteiger partial charge in [-0.25, -0.2) is 0 Å². The van der Waals surface area contributed by atoms with Gasteiger partial charge in [-0.1, -0.05) is 30.3 Å². The average Bonchev–Trinajstić information content (AvgIpc) is 3.46. The quantitative estimate of drug-likeness (QED) is 0.397. The number of piperazine rings is 1. The highest BCUT2D eigenvalue weighted by molar-refractivity contribution is 7.20. The molecule has 0 radical (unpaired) electrons. The van der Waals surface area contributed by atoms with Crippen molar-refractivity contribution in [3.05, 3.63) is 76.7 Å². The monoisotopic (exact) mass is 474 g/mol. The van der Waals surface area contributed by atoms with Crippen LogP contribution in [0, 0.1) is 0 Å². The standard InChI is InChI=1S/C25H26N6O2S/c1-30-11-13-31(14-12-30)19-9-7-18(8-10-19)23(32)27-22-20-15-21(34-25(20)29-28-22)24(33)26-16-17-5-3-2-4-6-17/h2-10,15H,11-14,16H2,1H3,(H,26,33)(H2,27,28,29,32). The van der Waals surface area contributed by atoms with Gasteiger partial charge in [-0.05, 0) is 42.9 Å². The van der Waals surface area contributed by atoms with Crippen LogP contribution in [-0.2, 0) is 6.54 Å². The number of aromatic nitrogens is 2. The van der Waals surface area contributed by atoms with Crippen molar-refractivity contribution in [3.8, 4) is 0 Å². The van der Waals surface area contributed by atoms with E-state index in [2.05, 4.69) is 37.7 Å². The third kappa shape index (κ3) is 4.80. The summed E-state index contributed by atoms with van der Waals surface area (Å²) in [5, 5.41) is 13.7. The van der Waals surface area contributed by atoms with Crippen molar-refractivity contribution in [2.75, 3.05) is 43.4 Å². The number of anilines is 2. The molecular weight excluding hydrogens is 448 g/mol. The minimum absolute atomic E-state index is 0.163. The van der Waals surface area contributed by atoms with Gasteiger partial charge in [0.15, 0.2) is 0 Å². The fourth-order valence-electron chi connectivity index (χ4n) is 3.96. The number of carbonyl (C=O) groups excluding carboxylic acids is 2. The maximum absolute atomic E-state index is 12.8. The summed E-state index contributed by atoms with van der Waals surface area (Å²) in [6.45, 7) is 4.48. The first-order valence-corrected chi connectivity index (χ1v) is 12.0. The van der Waals surface area contributed by atoms with Gasteiger partial charge in [-0.15, -0.1) is 11.3 Å². The lowest BCUT2D eigenvalue weighted by molar-refractivity contribution is 0.0954. The van der Waals surface area contributed by atoms with E-state index >= 15 is 0 Å². The maximum atomic E-state index is 12.8. The van der Waals surface area contributed by atoms with Crippen molar-refractivity contribution in [2.24, 2.45) is 0 Å². The summed E-state index contributed by atoms with van der Waals surface area (Å²) >= 11 is 1.29. The summed E-state index contributed by atoms with van der Waals surface area (Å²) in [6.07, 6.45) is 0. The van der Waals surface area contributed by atoms with E-state index in [0.717, 1.165) is 42.8 Å². The molecule has 0 bridgehead atoms. The van der Waals surface area contributed by atoms with Crippen LogP contribution in [0.25, 0.3) is 10.2 Å². The average molecular weight is 475 g/mol. The number of nitrogens with one attached hydrogen (secondary N) is 3. The number of H-pyrrole nitrogens is 1. The van der Waals surface area contributed by atoms with Gasteiger partial charge in [-0.3, -0.25) is 14.7 Å². The summed E-state index contributed by atoms with van der Waals surface area (Å²) in [6, 6.07) is 19.2. The molecule has 8 nitrogen and oxygen atoms in total. The number of likely N-dealkylation sites (N-methyl/N-ethyl adjacent to an activating group) is 1. The molecule has 174 valence electrons. The largest absolute Gasteiger partial charge is 0.369 e. The molecule has 2 aromatic carbocycles. The minimum atomic E-state index is -0.225. The Kier molecular flexibility index (Phi) is 6.29. The zero-order chi connectivity index (χ0) is 23.5. The number of carbonyl (C=O) groups is 2. The fourth-order valence-corrected chi connectivity index (χ4v) is 4.87. The highest BCUT2D eigenvalue weighted by atomic mass is 32.1. The molecule has 0 spiro atoms. The number of aromatic amines is 1. The molecule has 3 heterocycles. The molecule has 2 amide bonds. The Hall–Kier alpha value is -3.69. The Balaban J connectivity index is 1.23. The van der Waals surface area contributed by atoms with Gasteiger partial charge in [0.2, 0.25) is 0 Å². The van der Waals surface area contributed by atoms with E-state index in [-0.39, 0.29) is 11.8 Å². The summed E-state index contributed by atoms with van der Waals surface area (Å²) in [5.74, 6) is 0.0990. The van der Waals surface area contributed by atoms with E-state index in [1.54, 1.807) is 6.07 Å². The topological polar surface area (TPSA) is 93.4 Å². The third-order valence-corrected chi connectivity index (χ3v) is 7.03. The molecule has 9 heteroatoms. The minimum Gasteiger partial charge on any atom is -0.369 e. The number of amides is 2. The third-order valence-electron chi connectivity index (χ3n) is 6.01. The van der Waals surface area contributed by atoms with Crippen molar-refractivity contribution >= 4 is 44.9 Å². The number of rotatable bonds is 6. The molecule has 1 fully saturated rings. The van der Waals surface area contributed by atoms with Crippen molar-refractivity contribution in [1.29, 1.82) is 0 Å². The zero-order valence-corrected chi connectivity index (χ0v) is 19.7. The SMILES string of the molecule is CN1CCN(c2ccc(C(=O)Nc3[nH]nc4sc(C(=O)NCc5ccccc5)cc34)cc2)CC1. The lowest BCUT2D eigenvalue weighted by Gasteiger charge is -2.34. The molecule has 34 heavy (non-hydrogen) atoms. The van der Waals surface area contributed by atoms with E-state index in [1.165, 1.54) is 11.3 Å². The molecule has 1 saturated heterocycles. The molecule has 0 unspecified atom stereocenters. The first-order chi connectivity index (χ1) is 16.6. The van der Waals surface area contributed by atoms with Crippen molar-refractivity contribution in [3.63, 3.8) is 0 Å². The van der Waals surface area contributed by atoms with Gasteiger partial charge < -0.3 is 20.4 Å². The van der Waals surface area contributed by atoms with Crippen LogP contribution >= 0.6 is 11.3 Å². The van der Waals surface area contributed by atoms with Gasteiger partial charge >= 0.3 is 0 Å². The first kappa shape index (κ1) is 22.1. The van der Waals surface area contributed by atoms with Gasteiger partial charge in [0.1, 0.15) is 10.6 Å². The fraction of sp³-hybridized carbons (Fsp3) is 0.240. The molecule has 4 aromatic rings. The van der Waals surface area contributed by atoms with Crippen molar-refractivity contribution in [1.82, 2.24) is 20.4 Å². The van der Waals surface area contributed by atoms with Gasteiger partial charge in [-0.2, -0.15) is 5.10 Å². The van der Waals surface area contributed by atoms with Crippen LogP contribution in [0.15, 0.2) is 60.7 Å². The van der Waals surface area contributed by atoms with Crippen molar-refractivity contribution < 1.29 is 9.59 Å². The summed E-state index contributed by atoms with van der Waals surface area (Å²) in [7, 11) is 2.13. The van der Waals surface area contributed by atoms with Gasteiger partial charge in [0, 0.05) is 44.0 Å². The lowest BCUT2D eigenvalue weighted by Crippen LogP contribution is -2.44. The number of hydrogen-bond acceptors (Lipinski definition) is 6. The Bertz CT molecular complexity index is 1290. The molecule has 3 N–H and O–H groups in total. The Morgan fingerprint density at radius 1 is 1.00 bits per heavy atom. The number of fused-ring (bicyclic) bond motifs is 1. The maximum Gasteiger partial charge on any atom is 0.261 e. The summed E-state index contributed by atoms with van der Waals surface area (Å²) in [4.78, 5) is 31.3. The van der Waals surface area contributed by atoms with E-state index in [9.17, 15) is 9.59 Å². The van der Waals surface area contributed by atoms with Crippen LogP contribution in [0.1, 0.15) is 25.6 Å². The Labute approximate surface area is 201 Å². The van der Waals surface area contributed by atoms with Crippen LogP contribution < -0.4 is 15.5 Å². The molecule has 0 saturated carbocycles. The predicted octanol–water partition coefficient (Wildman–Crippen LogP) is 3.56. The number of hydrogen-bond donors (Lipinski definition) is 3. The van der Waals surface area contributed by atoms with Crippen LogP contribution in [0.5, 0.6) is 0 Å². The number of benzene rings is 2. The molecule has 0 aliphatic carbocycles. The smallest absolute Gasteiger partial charge is 0.261 e. The van der Waals surface area contributed by atoms with Crippen molar-refractivity contribution in [2.45, 2.75) is 6.54 Å². The zero-order valence-electron chi connectivity index (χ0n) is 18.9. The summed E-state index contributed by atoms with van der Waals surface area (Å²) < 4.78 is 0. The van der Waals surface area contributed by atoms with E-state index in [0.29, 0.717) is 27.6 Å². The van der Waals surface area contributed by atoms with Crippen LogP contribution in [-0.4, -0.2) is 60.1 Å². The lowest BCUT2D eigenvalue weighted by atomic mass is 10.1. The Morgan fingerprint density at radius 2 is 1.74 bits per heavy atom. The molecule has 1 aliphatic heterocycles. The number of thiophene rings is 1. The first-order valence-electron chi connectivity index (χ1n) is 11.2. The second-order valence-corrected chi connectivity index (χ2v) is 9.42. The van der Waals surface area contributed by atoms with E-state index in [1.807, 2.05) is 54.6 Å². The molecular formula is C25H26N6O2S. The second-order valence-electron chi connectivity index (χ2n) is 8.39. The molecule has 5 rings (SSSR count). The van der Waals surface area contributed by atoms with Crippen LogP contribution in [0.4, 0.5) is 11.5 Å². The molecule has 1 aliphatic rings. The van der Waals surface area contributed by atoms with Gasteiger partial charge in [0.05, 0.1) is 10.3 Å². The number of nitrogens with zero attached hydrogens (tertiary/aromatic N) is 3. The molecule has 2 aromatic heterocycles. The highest BCUT2D eigenvalue weighted by Gasteiger charge is 2.18. The van der Waals surface area contributed by atoms with E-state index < -0.39 is 0 Å². The Morgan fingerprint density at radius 3 is 2.47 bits per heavy atom. The predicted molar refractivity (Wildman–Crippen MR) is 136 cm³/mol. The molecule has 0 atom stereocenters. The second kappa shape index (κ2) is 9.66. The van der Waals surface area contributed by atoms with Gasteiger partial charge in [0.25, 0.3) is 11.8 Å². The van der Waals surface area contributed by atoms with Crippen LogP contribution in [0.3, 0.4) is 0 Å². The summed E-state index contributed by atoms with van der Waals surface area (Å²) in [5.41, 5.74) is 2.72. The van der Waals surface area contributed by atoms with E-state index in [4.69, 9.17) is 0 Å². The van der Waals surface area contributed by atoms with Crippen LogP contribution in [0.2, 0.25) is 0 Å². The highest BCUT2D eigenvalue weighted by Crippen LogP contribution is 2.29. The normalized spacial score (nSPS) is 14.3.